The van der Waals surface area contributed by atoms with E-state index in [9.17, 15) is 13.6 Å². The van der Waals surface area contributed by atoms with E-state index < -0.39 is 11.1 Å². The van der Waals surface area contributed by atoms with Crippen LogP contribution in [0, 0.1) is 6.92 Å². The maximum atomic E-state index is 11.0. The predicted molar refractivity (Wildman–Crippen MR) is 47.3 cm³/mol. The Bertz CT molecular complexity index is 346. The van der Waals surface area contributed by atoms with E-state index in [0.29, 0.717) is 11.4 Å². The standard InChI is InChI=1S/C8H11NO3S/c1-5-8(13(11)12)4-7(6(2)10)9(5)3/h4H,1-3H3,(H,11,12)/p-1. The van der Waals surface area contributed by atoms with Crippen molar-refractivity contribution < 1.29 is 13.6 Å². The number of carbonyl (C=O) groups is 1. The molecule has 0 saturated heterocycles. The molecule has 4 nitrogen and oxygen atoms in total. The Morgan fingerprint density at radius 2 is 2.15 bits per heavy atom. The molecule has 13 heavy (non-hydrogen) atoms. The number of carbonyl (C=O) groups excluding carboxylic acids is 1. The lowest BCUT2D eigenvalue weighted by molar-refractivity contribution is 0.101. The normalized spacial score (nSPS) is 12.9. The molecule has 1 aromatic heterocycles. The van der Waals surface area contributed by atoms with Crippen LogP contribution in [0.3, 0.4) is 0 Å². The molecule has 0 radical (unpaired) electrons. The first kappa shape index (κ1) is 10.1. The second-order valence-corrected chi connectivity index (χ2v) is 3.74. The summed E-state index contributed by atoms with van der Waals surface area (Å²) < 4.78 is 22.9. The van der Waals surface area contributed by atoms with E-state index in [1.807, 2.05) is 0 Å². The first-order chi connectivity index (χ1) is 5.95. The molecule has 0 aliphatic rings. The van der Waals surface area contributed by atoms with Crippen LogP contribution in [-0.2, 0) is 18.1 Å². The average Bonchev–Trinajstić information content (AvgIpc) is 2.29. The molecule has 72 valence electrons. The van der Waals surface area contributed by atoms with Gasteiger partial charge in [0, 0.05) is 24.6 Å². The molecule has 0 fully saturated rings. The third kappa shape index (κ3) is 1.71. The molecule has 0 aliphatic heterocycles. The largest absolute Gasteiger partial charge is 0.768 e. The van der Waals surface area contributed by atoms with Crippen LogP contribution in [0.15, 0.2) is 11.0 Å². The summed E-state index contributed by atoms with van der Waals surface area (Å²) in [5, 5.41) is 0. The van der Waals surface area contributed by atoms with Gasteiger partial charge in [0.25, 0.3) is 0 Å². The summed E-state index contributed by atoms with van der Waals surface area (Å²) in [5.74, 6) is -0.137. The molecule has 0 aromatic carbocycles. The van der Waals surface area contributed by atoms with Gasteiger partial charge in [0.15, 0.2) is 5.78 Å². The van der Waals surface area contributed by atoms with E-state index in [2.05, 4.69) is 0 Å². The zero-order valence-corrected chi connectivity index (χ0v) is 8.47. The van der Waals surface area contributed by atoms with Gasteiger partial charge in [-0.05, 0) is 24.1 Å². The van der Waals surface area contributed by atoms with Gasteiger partial charge < -0.3 is 9.12 Å². The summed E-state index contributed by atoms with van der Waals surface area (Å²) in [6, 6.07) is 1.39. The number of hydrogen-bond acceptors (Lipinski definition) is 3. The van der Waals surface area contributed by atoms with Crippen LogP contribution in [0.2, 0.25) is 0 Å². The topological polar surface area (TPSA) is 62.1 Å². The van der Waals surface area contributed by atoms with Gasteiger partial charge in [-0.1, -0.05) is 0 Å². The number of Topliss-reactive ketones (excluding diaryl/α,β-unsaturated/α-hetero) is 1. The number of ketones is 1. The molecule has 0 amide bonds. The smallest absolute Gasteiger partial charge is 0.176 e. The average molecular weight is 200 g/mol. The van der Waals surface area contributed by atoms with Gasteiger partial charge >= 0.3 is 0 Å². The van der Waals surface area contributed by atoms with Gasteiger partial charge in [-0.2, -0.15) is 0 Å². The van der Waals surface area contributed by atoms with E-state index in [1.165, 1.54) is 13.0 Å². The summed E-state index contributed by atoms with van der Waals surface area (Å²) in [5.41, 5.74) is 0.996. The zero-order valence-electron chi connectivity index (χ0n) is 7.66. The first-order valence-electron chi connectivity index (χ1n) is 3.71. The number of hydrogen-bond donors (Lipinski definition) is 0. The van der Waals surface area contributed by atoms with E-state index >= 15 is 0 Å². The lowest BCUT2D eigenvalue weighted by Gasteiger charge is -2.04. The highest BCUT2D eigenvalue weighted by Gasteiger charge is 2.11. The molecule has 0 bridgehead atoms. The molecule has 1 unspecified atom stereocenters. The van der Waals surface area contributed by atoms with Crippen molar-refractivity contribution in [2.75, 3.05) is 0 Å². The highest BCUT2D eigenvalue weighted by Crippen LogP contribution is 2.16. The summed E-state index contributed by atoms with van der Waals surface area (Å²) in [4.78, 5) is 11.2. The molecular weight excluding hydrogens is 190 g/mol. The molecule has 0 aliphatic carbocycles. The molecule has 1 aromatic rings. The van der Waals surface area contributed by atoms with Crippen molar-refractivity contribution in [2.45, 2.75) is 18.7 Å². The maximum Gasteiger partial charge on any atom is 0.176 e. The Hall–Kier alpha value is -0.940. The number of nitrogens with zero attached hydrogens (tertiary/aromatic N) is 1. The van der Waals surface area contributed by atoms with E-state index in [1.54, 1.807) is 18.5 Å². The van der Waals surface area contributed by atoms with Crippen molar-refractivity contribution in [3.8, 4) is 0 Å². The van der Waals surface area contributed by atoms with Crippen LogP contribution in [0.25, 0.3) is 0 Å². The number of rotatable bonds is 2. The summed E-state index contributed by atoms with van der Waals surface area (Å²) in [7, 11) is 1.67. The van der Waals surface area contributed by atoms with Crippen molar-refractivity contribution in [1.82, 2.24) is 4.57 Å². The SMILES string of the molecule is CC(=O)c1cc(S(=O)[O-])c(C)n1C. The van der Waals surface area contributed by atoms with Crippen molar-refractivity contribution in [1.29, 1.82) is 0 Å². The molecule has 0 spiro atoms. The minimum atomic E-state index is -2.27. The lowest BCUT2D eigenvalue weighted by Crippen LogP contribution is -2.02. The first-order valence-corrected chi connectivity index (χ1v) is 4.79. The van der Waals surface area contributed by atoms with Crippen LogP contribution in [0.4, 0.5) is 0 Å². The predicted octanol–water partition coefficient (Wildman–Crippen LogP) is 0.774. The van der Waals surface area contributed by atoms with E-state index in [4.69, 9.17) is 0 Å². The fraction of sp³-hybridized carbons (Fsp3) is 0.375. The Morgan fingerprint density at radius 3 is 2.38 bits per heavy atom. The Morgan fingerprint density at radius 1 is 1.62 bits per heavy atom. The van der Waals surface area contributed by atoms with Crippen LogP contribution in [-0.4, -0.2) is 19.1 Å². The van der Waals surface area contributed by atoms with E-state index in [-0.39, 0.29) is 10.7 Å². The monoisotopic (exact) mass is 200 g/mol. The van der Waals surface area contributed by atoms with Crippen molar-refractivity contribution in [3.63, 3.8) is 0 Å². The second kappa shape index (κ2) is 3.43. The molecule has 0 N–H and O–H groups in total. The van der Waals surface area contributed by atoms with Gasteiger partial charge in [-0.25, -0.2) is 0 Å². The highest BCUT2D eigenvalue weighted by atomic mass is 32.2. The zero-order chi connectivity index (χ0) is 10.2. The molecule has 1 rings (SSSR count). The molecule has 5 heteroatoms. The third-order valence-corrected chi connectivity index (χ3v) is 2.80. The molecule has 0 saturated carbocycles. The van der Waals surface area contributed by atoms with Gasteiger partial charge in [0.1, 0.15) is 0 Å². The molecular formula is C8H10NO3S-. The Labute approximate surface area is 78.8 Å². The fourth-order valence-corrected chi connectivity index (χ4v) is 1.76. The summed E-state index contributed by atoms with van der Waals surface area (Å²) in [6.07, 6.45) is 0. The maximum absolute atomic E-state index is 11.0. The van der Waals surface area contributed by atoms with Crippen LogP contribution in [0.1, 0.15) is 23.1 Å². The minimum absolute atomic E-state index is 0.137. The van der Waals surface area contributed by atoms with Crippen LogP contribution >= 0.6 is 0 Å². The fourth-order valence-electron chi connectivity index (χ4n) is 1.18. The molecule has 1 atom stereocenters. The third-order valence-electron chi connectivity index (χ3n) is 2.03. The highest BCUT2D eigenvalue weighted by molar-refractivity contribution is 7.79. The van der Waals surface area contributed by atoms with Crippen molar-refractivity contribution in [2.24, 2.45) is 7.05 Å². The lowest BCUT2D eigenvalue weighted by atomic mass is 10.3. The van der Waals surface area contributed by atoms with Gasteiger partial charge in [0.2, 0.25) is 0 Å². The van der Waals surface area contributed by atoms with E-state index in [0.717, 1.165) is 0 Å². The summed E-state index contributed by atoms with van der Waals surface area (Å²) >= 11 is -2.27. The van der Waals surface area contributed by atoms with Crippen LogP contribution in [0.5, 0.6) is 0 Å². The summed E-state index contributed by atoms with van der Waals surface area (Å²) in [6.45, 7) is 3.07. The Balaban J connectivity index is 3.36. The minimum Gasteiger partial charge on any atom is -0.768 e. The Kier molecular flexibility index (Phi) is 2.68. The van der Waals surface area contributed by atoms with Gasteiger partial charge in [0.05, 0.1) is 5.69 Å². The quantitative estimate of drug-likeness (QED) is 0.523. The van der Waals surface area contributed by atoms with Crippen LogP contribution < -0.4 is 0 Å². The van der Waals surface area contributed by atoms with Crippen molar-refractivity contribution >= 4 is 16.9 Å². The van der Waals surface area contributed by atoms with Crippen molar-refractivity contribution in [3.05, 3.63) is 17.5 Å². The van der Waals surface area contributed by atoms with Gasteiger partial charge in [-0.3, -0.25) is 9.00 Å². The molecule has 1 heterocycles. The second-order valence-electron chi connectivity index (χ2n) is 2.83. The number of aromatic nitrogens is 1. The van der Waals surface area contributed by atoms with Gasteiger partial charge in [-0.15, -0.1) is 0 Å².